The third kappa shape index (κ3) is 1.25. The predicted octanol–water partition coefficient (Wildman–Crippen LogP) is 1.13. The van der Waals surface area contributed by atoms with Crippen LogP contribution in [0.1, 0.15) is 6.42 Å². The second kappa shape index (κ2) is 2.90. The van der Waals surface area contributed by atoms with Gasteiger partial charge in [-0.15, -0.1) is 0 Å². The molecule has 1 aliphatic heterocycles. The Morgan fingerprint density at radius 1 is 1.50 bits per heavy atom. The minimum atomic E-state index is -0.301. The number of rotatable bonds is 0. The third-order valence-electron chi connectivity index (χ3n) is 2.01. The van der Waals surface area contributed by atoms with Gasteiger partial charge in [-0.3, -0.25) is 9.59 Å². The first kappa shape index (κ1) is 7.80. The summed E-state index contributed by atoms with van der Waals surface area (Å²) in [5.41, 5.74) is 0. The van der Waals surface area contributed by atoms with Crippen molar-refractivity contribution in [2.45, 2.75) is 11.7 Å². The van der Waals surface area contributed by atoms with Crippen molar-refractivity contribution in [1.29, 1.82) is 0 Å². The first-order valence-corrected chi connectivity index (χ1v) is 4.65. The summed E-state index contributed by atoms with van der Waals surface area (Å²) in [7, 11) is 0. The number of thioether (sulfide) groups is 1. The van der Waals surface area contributed by atoms with E-state index in [1.165, 1.54) is 0 Å². The number of allylic oxidation sites excluding steroid dienone is 3. The monoisotopic (exact) mass is 179 g/mol. The molecule has 0 aromatic carbocycles. The van der Waals surface area contributed by atoms with E-state index < -0.39 is 0 Å². The first-order chi connectivity index (χ1) is 5.77. The largest absolute Gasteiger partial charge is 0.290 e. The summed E-state index contributed by atoms with van der Waals surface area (Å²) >= 11 is 1.12. The Kier molecular flexibility index (Phi) is 1.89. The smallest absolute Gasteiger partial charge is 0.255 e. The number of fused-ring (bicyclic) bond motifs is 1. The standard InChI is InChI=1S/C9H7O2S/c10-7-5-6-3-1-2-4-8(6)12-9(7)11/h1,3-4,6,8H,5H2. The minimum Gasteiger partial charge on any atom is -0.290 e. The van der Waals surface area contributed by atoms with Gasteiger partial charge in [0.25, 0.3) is 5.12 Å². The van der Waals surface area contributed by atoms with Gasteiger partial charge in [-0.25, -0.2) is 0 Å². The van der Waals surface area contributed by atoms with Crippen LogP contribution in [0.5, 0.6) is 0 Å². The molecule has 0 N–H and O–H groups in total. The molecule has 0 amide bonds. The molecule has 2 atom stereocenters. The summed E-state index contributed by atoms with van der Waals surface area (Å²) < 4.78 is 0. The molecular weight excluding hydrogens is 172 g/mol. The Bertz CT molecular complexity index is 261. The van der Waals surface area contributed by atoms with E-state index in [0.29, 0.717) is 6.42 Å². The van der Waals surface area contributed by atoms with Crippen molar-refractivity contribution in [3.63, 3.8) is 0 Å². The van der Waals surface area contributed by atoms with E-state index in [1.807, 2.05) is 18.2 Å². The van der Waals surface area contributed by atoms with Crippen LogP contribution in [-0.4, -0.2) is 16.1 Å². The zero-order valence-electron chi connectivity index (χ0n) is 6.32. The molecule has 1 fully saturated rings. The summed E-state index contributed by atoms with van der Waals surface area (Å²) in [6, 6.07) is 0. The topological polar surface area (TPSA) is 34.1 Å². The molecular formula is C9H7O2S. The molecule has 2 nitrogen and oxygen atoms in total. The van der Waals surface area contributed by atoms with Crippen molar-refractivity contribution in [3.8, 4) is 0 Å². The molecule has 1 radical (unpaired) electrons. The van der Waals surface area contributed by atoms with Gasteiger partial charge in [0, 0.05) is 17.6 Å². The molecule has 1 aliphatic carbocycles. The fourth-order valence-electron chi connectivity index (χ4n) is 1.35. The van der Waals surface area contributed by atoms with Gasteiger partial charge in [-0.05, 0) is 6.08 Å². The van der Waals surface area contributed by atoms with Gasteiger partial charge in [0.2, 0.25) is 5.78 Å². The summed E-state index contributed by atoms with van der Waals surface area (Å²) in [5.74, 6) is -0.0392. The number of carbonyl (C=O) groups excluding carboxylic acids is 2. The Hall–Kier alpha value is -0.830. The van der Waals surface area contributed by atoms with Gasteiger partial charge in [-0.2, -0.15) is 0 Å². The van der Waals surface area contributed by atoms with Gasteiger partial charge in [0.1, 0.15) is 0 Å². The first-order valence-electron chi connectivity index (χ1n) is 3.77. The zero-order chi connectivity index (χ0) is 8.55. The van der Waals surface area contributed by atoms with Crippen molar-refractivity contribution in [2.75, 3.05) is 0 Å². The lowest BCUT2D eigenvalue weighted by Crippen LogP contribution is -2.30. The predicted molar refractivity (Wildman–Crippen MR) is 46.5 cm³/mol. The highest BCUT2D eigenvalue weighted by molar-refractivity contribution is 8.16. The highest BCUT2D eigenvalue weighted by atomic mass is 32.2. The third-order valence-corrected chi connectivity index (χ3v) is 3.21. The van der Waals surface area contributed by atoms with Crippen molar-refractivity contribution in [2.24, 2.45) is 5.92 Å². The molecule has 0 spiro atoms. The lowest BCUT2D eigenvalue weighted by molar-refractivity contribution is -0.132. The quantitative estimate of drug-likeness (QED) is 0.523. The number of hydrogen-bond acceptors (Lipinski definition) is 3. The molecule has 12 heavy (non-hydrogen) atoms. The Labute approximate surface area is 74.7 Å². The van der Waals surface area contributed by atoms with Gasteiger partial charge in [0.05, 0.1) is 0 Å². The lowest BCUT2D eigenvalue weighted by atomic mass is 9.94. The second-order valence-corrected chi connectivity index (χ2v) is 4.00. The second-order valence-electron chi connectivity index (χ2n) is 2.85. The average Bonchev–Trinajstić information content (AvgIpc) is 2.07. The molecule has 3 heteroatoms. The summed E-state index contributed by atoms with van der Waals surface area (Å²) in [4.78, 5) is 22.0. The van der Waals surface area contributed by atoms with E-state index in [1.54, 1.807) is 0 Å². The van der Waals surface area contributed by atoms with E-state index in [0.717, 1.165) is 11.8 Å². The molecule has 0 aromatic heterocycles. The number of carbonyl (C=O) groups is 2. The van der Waals surface area contributed by atoms with Crippen LogP contribution < -0.4 is 0 Å². The Morgan fingerprint density at radius 3 is 3.17 bits per heavy atom. The van der Waals surface area contributed by atoms with Gasteiger partial charge < -0.3 is 0 Å². The maximum atomic E-state index is 11.0. The fourth-order valence-corrected chi connectivity index (χ4v) is 2.33. The molecule has 2 unspecified atom stereocenters. The lowest BCUT2D eigenvalue weighted by Gasteiger charge is -2.25. The van der Waals surface area contributed by atoms with Crippen LogP contribution in [0.3, 0.4) is 0 Å². The van der Waals surface area contributed by atoms with Gasteiger partial charge in [-0.1, -0.05) is 30.0 Å². The number of hydrogen-bond donors (Lipinski definition) is 0. The SMILES string of the molecule is O=C1CC2C=C[C]=CC2SC1=O. The van der Waals surface area contributed by atoms with E-state index in [2.05, 4.69) is 6.08 Å². The van der Waals surface area contributed by atoms with E-state index >= 15 is 0 Å². The van der Waals surface area contributed by atoms with Crippen LogP contribution >= 0.6 is 11.8 Å². The zero-order valence-corrected chi connectivity index (χ0v) is 7.14. The molecule has 2 rings (SSSR count). The van der Waals surface area contributed by atoms with Crippen LogP contribution in [0.15, 0.2) is 18.2 Å². The maximum Gasteiger partial charge on any atom is 0.255 e. The van der Waals surface area contributed by atoms with Crippen LogP contribution in [0.4, 0.5) is 0 Å². The van der Waals surface area contributed by atoms with Crippen LogP contribution in [0.2, 0.25) is 0 Å². The molecule has 1 heterocycles. The molecule has 0 saturated carbocycles. The maximum absolute atomic E-state index is 11.0. The van der Waals surface area contributed by atoms with Crippen LogP contribution in [0.25, 0.3) is 0 Å². The molecule has 0 bridgehead atoms. The molecule has 1 saturated heterocycles. The van der Waals surface area contributed by atoms with Crippen LogP contribution in [0, 0.1) is 12.0 Å². The molecule has 2 aliphatic rings. The highest BCUT2D eigenvalue weighted by Gasteiger charge is 2.33. The fraction of sp³-hybridized carbons (Fsp3) is 0.333. The number of ketones is 1. The van der Waals surface area contributed by atoms with E-state index in [-0.39, 0.29) is 22.1 Å². The summed E-state index contributed by atoms with van der Waals surface area (Å²) in [6.07, 6.45) is 8.91. The van der Waals surface area contributed by atoms with E-state index in [9.17, 15) is 9.59 Å². The van der Waals surface area contributed by atoms with Gasteiger partial charge >= 0.3 is 0 Å². The average molecular weight is 179 g/mol. The highest BCUT2D eigenvalue weighted by Crippen LogP contribution is 2.33. The molecule has 61 valence electrons. The van der Waals surface area contributed by atoms with Crippen molar-refractivity contribution in [1.82, 2.24) is 0 Å². The van der Waals surface area contributed by atoms with Gasteiger partial charge in [0.15, 0.2) is 0 Å². The minimum absolute atomic E-state index is 0.139. The van der Waals surface area contributed by atoms with Crippen molar-refractivity contribution < 1.29 is 9.59 Å². The van der Waals surface area contributed by atoms with Crippen molar-refractivity contribution >= 4 is 22.7 Å². The Morgan fingerprint density at radius 2 is 2.33 bits per heavy atom. The summed E-state index contributed by atoms with van der Waals surface area (Å²) in [5, 5.41) is -0.162. The van der Waals surface area contributed by atoms with Crippen molar-refractivity contribution in [3.05, 3.63) is 24.3 Å². The normalized spacial score (nSPS) is 33.7. The molecule has 0 aromatic rings. The Balaban J connectivity index is 2.20. The van der Waals surface area contributed by atoms with Crippen LogP contribution in [-0.2, 0) is 9.59 Å². The number of Topliss-reactive ketones (excluding diaryl/α,β-unsaturated/α-hetero) is 1. The summed E-state index contributed by atoms with van der Waals surface area (Å²) in [6.45, 7) is 0. The van der Waals surface area contributed by atoms with E-state index in [4.69, 9.17) is 0 Å².